The van der Waals surface area contributed by atoms with Gasteiger partial charge in [0, 0.05) is 6.54 Å². The van der Waals surface area contributed by atoms with Crippen LogP contribution in [0.4, 0.5) is 4.79 Å². The number of carbonyl (C=O) groups is 1. The highest BCUT2D eigenvalue weighted by Crippen LogP contribution is 2.34. The van der Waals surface area contributed by atoms with Gasteiger partial charge in [0.15, 0.2) is 0 Å². The van der Waals surface area contributed by atoms with Crippen LogP contribution >= 0.6 is 23.2 Å². The summed E-state index contributed by atoms with van der Waals surface area (Å²) < 4.78 is 5.02. The Kier molecular flexibility index (Phi) is 4.71. The smallest absolute Gasteiger partial charge is 0.312 e. The molecule has 1 aromatic carbocycles. The third kappa shape index (κ3) is 3.18. The SMILES string of the molecule is COc1ccc(CCNC(N)=O)c(Cl)c1Cl. The summed E-state index contributed by atoms with van der Waals surface area (Å²) in [5.74, 6) is 0.526. The number of carbonyl (C=O) groups excluding carboxylic acids is 1. The zero-order valence-corrected chi connectivity index (χ0v) is 10.2. The normalized spacial score (nSPS) is 9.94. The van der Waals surface area contributed by atoms with Crippen molar-refractivity contribution >= 4 is 29.2 Å². The predicted octanol–water partition coefficient (Wildman–Crippen LogP) is 2.21. The Morgan fingerprint density at radius 3 is 2.69 bits per heavy atom. The molecular formula is C10H12Cl2N2O2. The molecule has 0 saturated carbocycles. The largest absolute Gasteiger partial charge is 0.495 e. The minimum Gasteiger partial charge on any atom is -0.495 e. The first kappa shape index (κ1) is 12.9. The van der Waals surface area contributed by atoms with Crippen molar-refractivity contribution in [1.82, 2.24) is 5.32 Å². The molecule has 0 aromatic heterocycles. The number of nitrogens with one attached hydrogen (secondary N) is 1. The number of primary amides is 1. The van der Waals surface area contributed by atoms with Gasteiger partial charge in [0.05, 0.1) is 12.1 Å². The maximum absolute atomic E-state index is 10.5. The van der Waals surface area contributed by atoms with Gasteiger partial charge in [-0.3, -0.25) is 0 Å². The van der Waals surface area contributed by atoms with E-state index in [0.29, 0.717) is 28.8 Å². The molecule has 1 aromatic rings. The van der Waals surface area contributed by atoms with Crippen LogP contribution in [0.2, 0.25) is 10.0 Å². The van der Waals surface area contributed by atoms with E-state index in [4.69, 9.17) is 33.7 Å². The summed E-state index contributed by atoms with van der Waals surface area (Å²) in [6, 6.07) is 2.97. The van der Waals surface area contributed by atoms with Crippen LogP contribution in [0.5, 0.6) is 5.75 Å². The lowest BCUT2D eigenvalue weighted by atomic mass is 10.1. The molecule has 6 heteroatoms. The van der Waals surface area contributed by atoms with Crippen LogP contribution in [0.1, 0.15) is 5.56 Å². The summed E-state index contributed by atoms with van der Waals surface area (Å²) in [4.78, 5) is 10.5. The molecule has 4 nitrogen and oxygen atoms in total. The monoisotopic (exact) mass is 262 g/mol. The van der Waals surface area contributed by atoms with Crippen LogP contribution in [-0.4, -0.2) is 19.7 Å². The van der Waals surface area contributed by atoms with Crippen molar-refractivity contribution in [3.63, 3.8) is 0 Å². The number of hydrogen-bond donors (Lipinski definition) is 2. The minimum absolute atomic E-state index is 0.376. The second-order valence-corrected chi connectivity index (χ2v) is 3.85. The molecule has 0 atom stereocenters. The van der Waals surface area contributed by atoms with Crippen LogP contribution in [0, 0.1) is 0 Å². The molecule has 0 aliphatic rings. The molecule has 0 aliphatic carbocycles. The van der Waals surface area contributed by atoms with Gasteiger partial charge in [0.25, 0.3) is 0 Å². The van der Waals surface area contributed by atoms with Gasteiger partial charge in [0.2, 0.25) is 0 Å². The first-order chi connectivity index (χ1) is 7.56. The van der Waals surface area contributed by atoms with Crippen LogP contribution in [0.3, 0.4) is 0 Å². The van der Waals surface area contributed by atoms with Gasteiger partial charge < -0.3 is 15.8 Å². The lowest BCUT2D eigenvalue weighted by Gasteiger charge is -2.09. The standard InChI is InChI=1S/C10H12Cl2N2O2/c1-16-7-3-2-6(8(11)9(7)12)4-5-14-10(13)15/h2-3H,4-5H2,1H3,(H3,13,14,15). The molecule has 2 amide bonds. The first-order valence-corrected chi connectivity index (χ1v) is 5.36. The van der Waals surface area contributed by atoms with Gasteiger partial charge in [-0.25, -0.2) is 4.79 Å². The topological polar surface area (TPSA) is 64.3 Å². The molecule has 3 N–H and O–H groups in total. The molecule has 16 heavy (non-hydrogen) atoms. The zero-order chi connectivity index (χ0) is 12.1. The van der Waals surface area contributed by atoms with Crippen LogP contribution < -0.4 is 15.8 Å². The fraction of sp³-hybridized carbons (Fsp3) is 0.300. The van der Waals surface area contributed by atoms with Crippen molar-refractivity contribution < 1.29 is 9.53 Å². The Labute approximate surface area is 104 Å². The number of urea groups is 1. The number of rotatable bonds is 4. The fourth-order valence-electron chi connectivity index (χ4n) is 1.24. The molecule has 0 aliphatic heterocycles. The van der Waals surface area contributed by atoms with E-state index < -0.39 is 6.03 Å². The number of halogens is 2. The van der Waals surface area contributed by atoms with Gasteiger partial charge >= 0.3 is 6.03 Å². The van der Waals surface area contributed by atoms with E-state index >= 15 is 0 Å². The summed E-state index contributed by atoms with van der Waals surface area (Å²) in [6.45, 7) is 0.414. The molecule has 0 spiro atoms. The lowest BCUT2D eigenvalue weighted by molar-refractivity contribution is 0.249. The van der Waals surface area contributed by atoms with E-state index in [1.165, 1.54) is 7.11 Å². The van der Waals surface area contributed by atoms with Gasteiger partial charge in [-0.05, 0) is 18.1 Å². The number of ether oxygens (including phenoxy) is 1. The van der Waals surface area contributed by atoms with Crippen LogP contribution in [0.15, 0.2) is 12.1 Å². The number of methoxy groups -OCH3 is 1. The molecule has 0 bridgehead atoms. The summed E-state index contributed by atoms with van der Waals surface area (Å²) in [5, 5.41) is 3.29. The highest BCUT2D eigenvalue weighted by atomic mass is 35.5. The zero-order valence-electron chi connectivity index (χ0n) is 8.72. The second-order valence-electron chi connectivity index (χ2n) is 3.10. The molecule has 0 radical (unpaired) electrons. The Bertz CT molecular complexity index is 397. The number of benzene rings is 1. The Hall–Kier alpha value is -1.13. The summed E-state index contributed by atoms with van der Waals surface area (Å²) in [5.41, 5.74) is 5.78. The van der Waals surface area contributed by atoms with Crippen molar-refractivity contribution in [2.45, 2.75) is 6.42 Å². The average molecular weight is 263 g/mol. The molecule has 88 valence electrons. The summed E-state index contributed by atoms with van der Waals surface area (Å²) in [7, 11) is 1.52. The molecule has 0 unspecified atom stereocenters. The van der Waals surface area contributed by atoms with Crippen molar-refractivity contribution in [2.75, 3.05) is 13.7 Å². The van der Waals surface area contributed by atoms with E-state index in [0.717, 1.165) is 5.56 Å². The Balaban J connectivity index is 2.74. The average Bonchev–Trinajstić information content (AvgIpc) is 2.24. The summed E-state index contributed by atoms with van der Waals surface area (Å²) in [6.07, 6.45) is 0.561. The summed E-state index contributed by atoms with van der Waals surface area (Å²) >= 11 is 12.0. The molecular weight excluding hydrogens is 251 g/mol. The van der Waals surface area contributed by atoms with E-state index in [-0.39, 0.29) is 0 Å². The number of hydrogen-bond acceptors (Lipinski definition) is 2. The van der Waals surface area contributed by atoms with E-state index in [1.54, 1.807) is 12.1 Å². The first-order valence-electron chi connectivity index (χ1n) is 4.60. The van der Waals surface area contributed by atoms with Gasteiger partial charge in [-0.1, -0.05) is 29.3 Å². The maximum atomic E-state index is 10.5. The maximum Gasteiger partial charge on any atom is 0.312 e. The van der Waals surface area contributed by atoms with Crippen molar-refractivity contribution in [3.05, 3.63) is 27.7 Å². The van der Waals surface area contributed by atoms with E-state index in [9.17, 15) is 4.79 Å². The lowest BCUT2D eigenvalue weighted by Crippen LogP contribution is -2.30. The van der Waals surface area contributed by atoms with Crippen LogP contribution in [0.25, 0.3) is 0 Å². The Morgan fingerprint density at radius 2 is 2.12 bits per heavy atom. The van der Waals surface area contributed by atoms with Gasteiger partial charge in [-0.2, -0.15) is 0 Å². The van der Waals surface area contributed by atoms with Crippen molar-refractivity contribution in [3.8, 4) is 5.75 Å². The van der Waals surface area contributed by atoms with E-state index in [1.807, 2.05) is 0 Å². The molecule has 0 heterocycles. The van der Waals surface area contributed by atoms with Crippen LogP contribution in [-0.2, 0) is 6.42 Å². The third-order valence-electron chi connectivity index (χ3n) is 2.04. The van der Waals surface area contributed by atoms with E-state index in [2.05, 4.69) is 5.32 Å². The van der Waals surface area contributed by atoms with Gasteiger partial charge in [-0.15, -0.1) is 0 Å². The Morgan fingerprint density at radius 1 is 1.44 bits per heavy atom. The fourth-order valence-corrected chi connectivity index (χ4v) is 1.75. The second kappa shape index (κ2) is 5.82. The van der Waals surface area contributed by atoms with Gasteiger partial charge in [0.1, 0.15) is 10.8 Å². The quantitative estimate of drug-likeness (QED) is 0.874. The number of nitrogens with two attached hydrogens (primary N) is 1. The highest BCUT2D eigenvalue weighted by molar-refractivity contribution is 6.43. The highest BCUT2D eigenvalue weighted by Gasteiger charge is 2.10. The number of amides is 2. The molecule has 0 fully saturated rings. The van der Waals surface area contributed by atoms with Crippen molar-refractivity contribution in [2.24, 2.45) is 5.73 Å². The van der Waals surface area contributed by atoms with Crippen molar-refractivity contribution in [1.29, 1.82) is 0 Å². The molecule has 1 rings (SSSR count). The third-order valence-corrected chi connectivity index (χ3v) is 2.94. The minimum atomic E-state index is -0.560. The molecule has 0 saturated heterocycles. The predicted molar refractivity (Wildman–Crippen MR) is 64.3 cm³/mol.